The Bertz CT molecular complexity index is 953. The molecule has 0 saturated heterocycles. The minimum Gasteiger partial charge on any atom is -0.497 e. The third kappa shape index (κ3) is 3.63. The van der Waals surface area contributed by atoms with Gasteiger partial charge in [-0.05, 0) is 30.3 Å². The van der Waals surface area contributed by atoms with Crippen LogP contribution in [0.5, 0.6) is 5.75 Å². The van der Waals surface area contributed by atoms with Crippen LogP contribution in [-0.4, -0.2) is 25.7 Å². The van der Waals surface area contributed by atoms with E-state index >= 15 is 0 Å². The summed E-state index contributed by atoms with van der Waals surface area (Å²) in [6.45, 7) is 0. The lowest BCUT2D eigenvalue weighted by Gasteiger charge is -2.09. The van der Waals surface area contributed by atoms with Gasteiger partial charge in [-0.25, -0.2) is 8.89 Å². The van der Waals surface area contributed by atoms with E-state index in [1.165, 1.54) is 31.4 Å². The number of alkyl halides is 3. The first-order chi connectivity index (χ1) is 12.3. The van der Waals surface area contributed by atoms with Gasteiger partial charge in [0.1, 0.15) is 5.75 Å². The minimum atomic E-state index is -4.61. The summed E-state index contributed by atoms with van der Waals surface area (Å²) in [6.07, 6.45) is -4.61. The largest absolute Gasteiger partial charge is 0.497 e. The van der Waals surface area contributed by atoms with Crippen molar-refractivity contribution >= 4 is 11.1 Å². The maximum absolute atomic E-state index is 13.2. The van der Waals surface area contributed by atoms with Gasteiger partial charge in [0.15, 0.2) is 16.8 Å². The average Bonchev–Trinajstić information content (AvgIpc) is 3.07. The summed E-state index contributed by atoms with van der Waals surface area (Å²) >= 11 is -2.17. The molecule has 0 aliphatic rings. The highest BCUT2D eigenvalue weighted by molar-refractivity contribution is 7.79. The van der Waals surface area contributed by atoms with Gasteiger partial charge < -0.3 is 9.29 Å². The Kier molecular flexibility index (Phi) is 4.84. The van der Waals surface area contributed by atoms with E-state index in [-0.39, 0.29) is 10.6 Å². The van der Waals surface area contributed by atoms with Gasteiger partial charge in [-0.1, -0.05) is 18.2 Å². The lowest BCUT2D eigenvalue weighted by atomic mass is 10.1. The fourth-order valence-electron chi connectivity index (χ4n) is 2.41. The second-order valence-corrected chi connectivity index (χ2v) is 6.27. The standard InChI is InChI=1S/C17H13F3N2O3S/c1-25-13-4-2-3-12(9-13)22-15(10-16(21-22)17(18,19)20)11-5-7-14(8-6-11)26(23)24/h2-10H,1H3,(H,23,24). The van der Waals surface area contributed by atoms with Crippen molar-refractivity contribution in [2.24, 2.45) is 0 Å². The second-order valence-electron chi connectivity index (χ2n) is 5.30. The maximum Gasteiger partial charge on any atom is 0.435 e. The van der Waals surface area contributed by atoms with Crippen molar-refractivity contribution in [2.45, 2.75) is 11.1 Å². The van der Waals surface area contributed by atoms with Gasteiger partial charge in [-0.3, -0.25) is 0 Å². The number of aromatic nitrogens is 2. The van der Waals surface area contributed by atoms with Crippen molar-refractivity contribution in [2.75, 3.05) is 7.11 Å². The summed E-state index contributed by atoms with van der Waals surface area (Å²) in [6, 6.07) is 13.1. The van der Waals surface area contributed by atoms with Gasteiger partial charge in [0.2, 0.25) is 0 Å². The molecule has 0 aliphatic carbocycles. The Balaban J connectivity index is 2.16. The molecule has 1 aromatic heterocycles. The molecule has 26 heavy (non-hydrogen) atoms. The molecule has 0 amide bonds. The lowest BCUT2D eigenvalue weighted by Crippen LogP contribution is -2.07. The summed E-state index contributed by atoms with van der Waals surface area (Å²) in [5, 5.41) is 3.69. The van der Waals surface area contributed by atoms with Gasteiger partial charge in [0.05, 0.1) is 23.4 Å². The zero-order valence-corrected chi connectivity index (χ0v) is 14.2. The van der Waals surface area contributed by atoms with E-state index in [2.05, 4.69) is 5.10 Å². The van der Waals surface area contributed by atoms with Crippen LogP contribution >= 0.6 is 0 Å². The van der Waals surface area contributed by atoms with Crippen molar-refractivity contribution in [3.8, 4) is 22.7 Å². The molecule has 3 aromatic rings. The van der Waals surface area contributed by atoms with Crippen molar-refractivity contribution in [1.82, 2.24) is 9.78 Å². The fraction of sp³-hybridized carbons (Fsp3) is 0.118. The Labute approximate surface area is 149 Å². The molecule has 0 aliphatic heterocycles. The quantitative estimate of drug-likeness (QED) is 0.689. The number of benzene rings is 2. The molecule has 0 spiro atoms. The van der Waals surface area contributed by atoms with Crippen LogP contribution in [0.1, 0.15) is 5.69 Å². The normalized spacial score (nSPS) is 12.8. The minimum absolute atomic E-state index is 0.150. The monoisotopic (exact) mass is 382 g/mol. The van der Waals surface area contributed by atoms with Crippen LogP contribution in [0, 0.1) is 0 Å². The zero-order chi connectivity index (χ0) is 18.9. The summed E-state index contributed by atoms with van der Waals surface area (Å²) in [4.78, 5) is 0.150. The van der Waals surface area contributed by atoms with Crippen LogP contribution in [0.15, 0.2) is 59.5 Å². The fourth-order valence-corrected chi connectivity index (χ4v) is 2.78. The van der Waals surface area contributed by atoms with E-state index in [0.29, 0.717) is 17.0 Å². The van der Waals surface area contributed by atoms with Crippen molar-refractivity contribution in [1.29, 1.82) is 0 Å². The van der Waals surface area contributed by atoms with Gasteiger partial charge in [-0.2, -0.15) is 18.3 Å². The summed E-state index contributed by atoms with van der Waals surface area (Å²) < 4.78 is 65.9. The molecule has 1 heterocycles. The first-order valence-corrected chi connectivity index (χ1v) is 8.43. The van der Waals surface area contributed by atoms with Crippen molar-refractivity contribution < 1.29 is 26.7 Å². The second kappa shape index (κ2) is 6.93. The molecule has 1 N–H and O–H groups in total. The SMILES string of the molecule is COc1cccc(-n2nc(C(F)(F)F)cc2-c2ccc(S(=O)O)cc2)c1. The molecule has 0 radical (unpaired) electrons. The number of nitrogens with zero attached hydrogens (tertiary/aromatic N) is 2. The third-order valence-electron chi connectivity index (χ3n) is 3.65. The van der Waals surface area contributed by atoms with E-state index < -0.39 is 23.0 Å². The highest BCUT2D eigenvalue weighted by Crippen LogP contribution is 2.33. The molecule has 1 atom stereocenters. The predicted molar refractivity (Wildman–Crippen MR) is 89.6 cm³/mol. The molecule has 136 valence electrons. The highest BCUT2D eigenvalue weighted by Gasteiger charge is 2.35. The Hall–Kier alpha value is -2.65. The number of rotatable bonds is 4. The predicted octanol–water partition coefficient (Wildman–Crippen LogP) is 4.15. The van der Waals surface area contributed by atoms with Gasteiger partial charge in [0, 0.05) is 11.6 Å². The number of ether oxygens (including phenoxy) is 1. The van der Waals surface area contributed by atoms with E-state index in [9.17, 15) is 17.4 Å². The first kappa shape index (κ1) is 18.2. The average molecular weight is 382 g/mol. The number of halogens is 3. The third-order valence-corrected chi connectivity index (χ3v) is 4.32. The number of methoxy groups -OCH3 is 1. The smallest absolute Gasteiger partial charge is 0.435 e. The molecule has 3 rings (SSSR count). The lowest BCUT2D eigenvalue weighted by molar-refractivity contribution is -0.141. The van der Waals surface area contributed by atoms with Crippen LogP contribution in [-0.2, 0) is 17.3 Å². The van der Waals surface area contributed by atoms with Crippen LogP contribution in [0.4, 0.5) is 13.2 Å². The zero-order valence-electron chi connectivity index (χ0n) is 13.4. The summed E-state index contributed by atoms with van der Waals surface area (Å²) in [7, 11) is 1.46. The molecule has 0 fully saturated rings. The van der Waals surface area contributed by atoms with Crippen LogP contribution in [0.2, 0.25) is 0 Å². The van der Waals surface area contributed by atoms with E-state index in [1.54, 1.807) is 24.3 Å². The molecule has 5 nitrogen and oxygen atoms in total. The number of hydrogen-bond acceptors (Lipinski definition) is 3. The topological polar surface area (TPSA) is 64.4 Å². The summed E-state index contributed by atoms with van der Waals surface area (Å²) in [5.41, 5.74) is -0.0272. The van der Waals surface area contributed by atoms with Gasteiger partial charge in [-0.15, -0.1) is 0 Å². The molecule has 2 aromatic carbocycles. The Morgan fingerprint density at radius 1 is 1.12 bits per heavy atom. The van der Waals surface area contributed by atoms with Gasteiger partial charge >= 0.3 is 6.18 Å². The molecule has 9 heteroatoms. The van der Waals surface area contributed by atoms with Crippen LogP contribution < -0.4 is 4.74 Å². The maximum atomic E-state index is 13.2. The van der Waals surface area contributed by atoms with Crippen LogP contribution in [0.3, 0.4) is 0 Å². The van der Waals surface area contributed by atoms with Crippen molar-refractivity contribution in [3.05, 3.63) is 60.3 Å². The highest BCUT2D eigenvalue weighted by atomic mass is 32.2. The van der Waals surface area contributed by atoms with Gasteiger partial charge in [0.25, 0.3) is 0 Å². The molecular weight excluding hydrogens is 369 g/mol. The molecular formula is C17H13F3N2O3S. The van der Waals surface area contributed by atoms with E-state index in [0.717, 1.165) is 10.7 Å². The molecule has 1 unspecified atom stereocenters. The number of hydrogen-bond donors (Lipinski definition) is 1. The van der Waals surface area contributed by atoms with E-state index in [1.807, 2.05) is 0 Å². The van der Waals surface area contributed by atoms with Crippen LogP contribution in [0.25, 0.3) is 16.9 Å². The Morgan fingerprint density at radius 2 is 1.81 bits per heavy atom. The van der Waals surface area contributed by atoms with Crippen molar-refractivity contribution in [3.63, 3.8) is 0 Å². The molecule has 0 saturated carbocycles. The Morgan fingerprint density at radius 3 is 2.38 bits per heavy atom. The molecule has 0 bridgehead atoms. The van der Waals surface area contributed by atoms with E-state index in [4.69, 9.17) is 9.29 Å². The summed E-state index contributed by atoms with van der Waals surface area (Å²) in [5.74, 6) is 0.475. The first-order valence-electron chi connectivity index (χ1n) is 7.32.